The summed E-state index contributed by atoms with van der Waals surface area (Å²) in [6, 6.07) is 8.35. The van der Waals surface area contributed by atoms with Crippen molar-refractivity contribution in [1.82, 2.24) is 9.97 Å². The van der Waals surface area contributed by atoms with Crippen molar-refractivity contribution < 1.29 is 0 Å². The average molecular weight is 213 g/mol. The molecule has 2 N–H and O–H groups in total. The number of aromatic nitrogens is 2. The number of nitrogens with two attached hydrogens (primary N) is 1. The summed E-state index contributed by atoms with van der Waals surface area (Å²) < 4.78 is 0. The van der Waals surface area contributed by atoms with E-state index in [1.165, 1.54) is 5.56 Å². The van der Waals surface area contributed by atoms with Gasteiger partial charge in [0, 0.05) is 5.56 Å². The summed E-state index contributed by atoms with van der Waals surface area (Å²) in [5, 5.41) is 0. The molecule has 0 aliphatic carbocycles. The Morgan fingerprint density at radius 3 is 2.88 bits per heavy atom. The fraction of sp³-hybridized carbons (Fsp3) is 0.231. The molecular weight excluding hydrogens is 198 g/mol. The van der Waals surface area contributed by atoms with Crippen molar-refractivity contribution in [3.63, 3.8) is 0 Å². The first-order valence-corrected chi connectivity index (χ1v) is 5.46. The van der Waals surface area contributed by atoms with Gasteiger partial charge >= 0.3 is 0 Å². The molecular formula is C13H15N3. The molecule has 1 heterocycles. The van der Waals surface area contributed by atoms with Gasteiger partial charge in [0.25, 0.3) is 0 Å². The summed E-state index contributed by atoms with van der Waals surface area (Å²) in [7, 11) is 0. The van der Waals surface area contributed by atoms with Crippen LogP contribution in [-0.4, -0.2) is 9.97 Å². The van der Waals surface area contributed by atoms with Gasteiger partial charge in [0.15, 0.2) is 0 Å². The molecule has 0 bridgehead atoms. The van der Waals surface area contributed by atoms with E-state index in [1.807, 2.05) is 12.1 Å². The van der Waals surface area contributed by atoms with E-state index >= 15 is 0 Å². The number of anilines is 1. The molecule has 0 atom stereocenters. The van der Waals surface area contributed by atoms with Crippen LogP contribution in [0, 0.1) is 0 Å². The molecule has 0 aliphatic heterocycles. The molecule has 0 spiro atoms. The van der Waals surface area contributed by atoms with Gasteiger partial charge in [-0.1, -0.05) is 31.5 Å². The molecule has 0 fully saturated rings. The summed E-state index contributed by atoms with van der Waals surface area (Å²) in [6.45, 7) is 2.17. The normalized spacial score (nSPS) is 10.3. The minimum absolute atomic E-state index is 0.457. The molecule has 3 heteroatoms. The Hall–Kier alpha value is -1.90. The maximum Gasteiger partial charge on any atom is 0.142 e. The molecule has 0 unspecified atom stereocenters. The van der Waals surface area contributed by atoms with Gasteiger partial charge in [-0.25, -0.2) is 4.98 Å². The maximum atomic E-state index is 5.62. The number of nitrogen functional groups attached to an aromatic ring is 1. The summed E-state index contributed by atoms with van der Waals surface area (Å²) in [6.07, 6.45) is 5.52. The van der Waals surface area contributed by atoms with Crippen LogP contribution in [0.25, 0.3) is 11.3 Å². The molecule has 0 radical (unpaired) electrons. The van der Waals surface area contributed by atoms with E-state index < -0.39 is 0 Å². The van der Waals surface area contributed by atoms with E-state index in [-0.39, 0.29) is 0 Å². The van der Waals surface area contributed by atoms with Gasteiger partial charge in [-0.05, 0) is 18.1 Å². The molecule has 0 saturated carbocycles. The largest absolute Gasteiger partial charge is 0.382 e. The smallest absolute Gasteiger partial charge is 0.142 e. The van der Waals surface area contributed by atoms with Crippen LogP contribution in [0.1, 0.15) is 18.9 Å². The highest BCUT2D eigenvalue weighted by Crippen LogP contribution is 2.18. The standard InChI is InChI=1S/C13H15N3/c1-2-4-10-5-3-6-11(7-10)12-8-15-9-13(14)16-12/h3,5-9H,2,4H2,1H3,(H2,14,16). The van der Waals surface area contributed by atoms with Crippen LogP contribution in [-0.2, 0) is 6.42 Å². The zero-order chi connectivity index (χ0) is 11.4. The van der Waals surface area contributed by atoms with Gasteiger partial charge in [0.1, 0.15) is 5.82 Å². The summed E-state index contributed by atoms with van der Waals surface area (Å²) in [5.41, 5.74) is 8.85. The van der Waals surface area contributed by atoms with Gasteiger partial charge < -0.3 is 5.73 Å². The van der Waals surface area contributed by atoms with E-state index in [0.29, 0.717) is 5.82 Å². The predicted molar refractivity (Wildman–Crippen MR) is 65.9 cm³/mol. The Bertz CT molecular complexity index is 480. The third kappa shape index (κ3) is 2.37. The van der Waals surface area contributed by atoms with Crippen LogP contribution in [0.5, 0.6) is 0 Å². The lowest BCUT2D eigenvalue weighted by Gasteiger charge is -2.04. The fourth-order valence-electron chi connectivity index (χ4n) is 1.69. The molecule has 1 aromatic heterocycles. The van der Waals surface area contributed by atoms with E-state index in [0.717, 1.165) is 24.1 Å². The van der Waals surface area contributed by atoms with Gasteiger partial charge in [-0.3, -0.25) is 4.98 Å². The van der Waals surface area contributed by atoms with Crippen LogP contribution in [0.4, 0.5) is 5.82 Å². The second-order valence-corrected chi connectivity index (χ2v) is 3.78. The van der Waals surface area contributed by atoms with Gasteiger partial charge in [0.05, 0.1) is 18.1 Å². The lowest BCUT2D eigenvalue weighted by atomic mass is 10.1. The predicted octanol–water partition coefficient (Wildman–Crippen LogP) is 2.68. The van der Waals surface area contributed by atoms with Crippen molar-refractivity contribution in [2.45, 2.75) is 19.8 Å². The van der Waals surface area contributed by atoms with E-state index in [1.54, 1.807) is 12.4 Å². The quantitative estimate of drug-likeness (QED) is 0.852. The number of nitrogens with zero attached hydrogens (tertiary/aromatic N) is 2. The second kappa shape index (κ2) is 4.75. The highest BCUT2D eigenvalue weighted by Gasteiger charge is 2.01. The van der Waals surface area contributed by atoms with Crippen molar-refractivity contribution in [2.24, 2.45) is 0 Å². The maximum absolute atomic E-state index is 5.62. The zero-order valence-corrected chi connectivity index (χ0v) is 9.35. The third-order valence-corrected chi connectivity index (χ3v) is 2.41. The minimum atomic E-state index is 0.457. The molecule has 0 saturated heterocycles. The molecule has 0 aliphatic rings. The Labute approximate surface area is 95.4 Å². The van der Waals surface area contributed by atoms with Crippen LogP contribution in [0.2, 0.25) is 0 Å². The zero-order valence-electron chi connectivity index (χ0n) is 9.35. The molecule has 82 valence electrons. The molecule has 16 heavy (non-hydrogen) atoms. The van der Waals surface area contributed by atoms with Gasteiger partial charge in [-0.15, -0.1) is 0 Å². The van der Waals surface area contributed by atoms with E-state index in [2.05, 4.69) is 29.0 Å². The number of hydrogen-bond donors (Lipinski definition) is 1. The Kier molecular flexibility index (Phi) is 3.15. The summed E-state index contributed by atoms with van der Waals surface area (Å²) in [5.74, 6) is 0.457. The monoisotopic (exact) mass is 213 g/mol. The Morgan fingerprint density at radius 2 is 2.12 bits per heavy atom. The first-order chi connectivity index (χ1) is 7.79. The van der Waals surface area contributed by atoms with Crippen LogP contribution >= 0.6 is 0 Å². The topological polar surface area (TPSA) is 51.8 Å². The number of aryl methyl sites for hydroxylation is 1. The van der Waals surface area contributed by atoms with Crippen molar-refractivity contribution >= 4 is 5.82 Å². The van der Waals surface area contributed by atoms with Crippen molar-refractivity contribution in [3.05, 3.63) is 42.2 Å². The SMILES string of the molecule is CCCc1cccc(-c2cncc(N)n2)c1. The summed E-state index contributed by atoms with van der Waals surface area (Å²) in [4.78, 5) is 8.31. The lowest BCUT2D eigenvalue weighted by Crippen LogP contribution is -1.94. The van der Waals surface area contributed by atoms with Crippen LogP contribution in [0.15, 0.2) is 36.7 Å². The Balaban J connectivity index is 2.36. The van der Waals surface area contributed by atoms with Crippen molar-refractivity contribution in [1.29, 1.82) is 0 Å². The fourth-order valence-corrected chi connectivity index (χ4v) is 1.69. The number of benzene rings is 1. The highest BCUT2D eigenvalue weighted by atomic mass is 14.9. The molecule has 2 rings (SSSR count). The second-order valence-electron chi connectivity index (χ2n) is 3.78. The Morgan fingerprint density at radius 1 is 1.25 bits per heavy atom. The number of hydrogen-bond acceptors (Lipinski definition) is 3. The minimum Gasteiger partial charge on any atom is -0.382 e. The molecule has 2 aromatic rings. The van der Waals surface area contributed by atoms with Crippen LogP contribution in [0.3, 0.4) is 0 Å². The molecule has 0 amide bonds. The average Bonchev–Trinajstić information content (AvgIpc) is 2.30. The van der Waals surface area contributed by atoms with E-state index in [4.69, 9.17) is 5.73 Å². The third-order valence-electron chi connectivity index (χ3n) is 2.41. The number of rotatable bonds is 3. The van der Waals surface area contributed by atoms with Crippen molar-refractivity contribution in [3.8, 4) is 11.3 Å². The van der Waals surface area contributed by atoms with Crippen molar-refractivity contribution in [2.75, 3.05) is 5.73 Å². The van der Waals surface area contributed by atoms with Gasteiger partial charge in [-0.2, -0.15) is 0 Å². The summed E-state index contributed by atoms with van der Waals surface area (Å²) >= 11 is 0. The van der Waals surface area contributed by atoms with Gasteiger partial charge in [0.2, 0.25) is 0 Å². The van der Waals surface area contributed by atoms with Crippen LogP contribution < -0.4 is 5.73 Å². The lowest BCUT2D eigenvalue weighted by molar-refractivity contribution is 0.922. The highest BCUT2D eigenvalue weighted by molar-refractivity contribution is 5.60. The molecule has 1 aromatic carbocycles. The molecule has 3 nitrogen and oxygen atoms in total. The van der Waals surface area contributed by atoms with E-state index in [9.17, 15) is 0 Å². The first-order valence-electron chi connectivity index (χ1n) is 5.46. The first kappa shape index (κ1) is 10.6.